The van der Waals surface area contributed by atoms with E-state index >= 15 is 0 Å². The highest BCUT2D eigenvalue weighted by molar-refractivity contribution is 5.76. The van der Waals surface area contributed by atoms with Crippen LogP contribution in [0.5, 0.6) is 0 Å². The molecule has 0 bridgehead atoms. The van der Waals surface area contributed by atoms with Gasteiger partial charge < -0.3 is 5.32 Å². The molecular weight excluding hydrogens is 342 g/mol. The van der Waals surface area contributed by atoms with Gasteiger partial charge in [-0.15, -0.1) is 0 Å². The fraction of sp³-hybridized carbons (Fsp3) is 0.400. The van der Waals surface area contributed by atoms with E-state index in [2.05, 4.69) is 15.5 Å². The molecule has 27 heavy (non-hydrogen) atoms. The van der Waals surface area contributed by atoms with Crippen molar-refractivity contribution >= 4 is 11.4 Å². The number of amides is 1. The molecule has 1 N–H and O–H groups in total. The molecule has 7 heteroatoms. The molecule has 1 aliphatic carbocycles. The first-order valence-electron chi connectivity index (χ1n) is 9.44. The van der Waals surface area contributed by atoms with Crippen LogP contribution >= 0.6 is 0 Å². The van der Waals surface area contributed by atoms with Crippen molar-refractivity contribution < 1.29 is 4.79 Å². The number of benzene rings is 1. The number of carbonyl (C=O) groups is 1. The highest BCUT2D eigenvalue weighted by Crippen LogP contribution is 2.19. The van der Waals surface area contributed by atoms with E-state index in [1.807, 2.05) is 30.3 Å². The molecular formula is C20H23N5O2. The van der Waals surface area contributed by atoms with Crippen LogP contribution in [-0.4, -0.2) is 31.3 Å². The van der Waals surface area contributed by atoms with Crippen LogP contribution in [0.3, 0.4) is 0 Å². The van der Waals surface area contributed by atoms with Crippen molar-refractivity contribution in [3.05, 3.63) is 52.6 Å². The summed E-state index contributed by atoms with van der Waals surface area (Å²) >= 11 is 0. The third-order valence-corrected chi connectivity index (χ3v) is 5.07. The molecule has 140 valence electrons. The van der Waals surface area contributed by atoms with E-state index in [-0.39, 0.29) is 24.1 Å². The number of fused-ring (bicyclic) bond motifs is 1. The van der Waals surface area contributed by atoms with Gasteiger partial charge in [0.2, 0.25) is 5.91 Å². The van der Waals surface area contributed by atoms with Crippen LogP contribution in [-0.2, 0) is 11.3 Å². The molecule has 1 saturated carbocycles. The first-order valence-corrected chi connectivity index (χ1v) is 9.44. The van der Waals surface area contributed by atoms with Crippen molar-refractivity contribution in [1.82, 2.24) is 24.7 Å². The maximum Gasteiger partial charge on any atom is 0.293 e. The average Bonchev–Trinajstić information content (AvgIpc) is 3.14. The van der Waals surface area contributed by atoms with Crippen molar-refractivity contribution in [2.45, 2.75) is 51.6 Å². The SMILES string of the molecule is Cc1nn(CC(=O)NC2CCCCC2)c(=O)c2cc(-c3ccccc3)nn12. The molecule has 2 aromatic heterocycles. The van der Waals surface area contributed by atoms with Crippen LogP contribution in [0.25, 0.3) is 16.8 Å². The van der Waals surface area contributed by atoms with Gasteiger partial charge in [0.25, 0.3) is 5.56 Å². The molecule has 0 atom stereocenters. The molecule has 0 radical (unpaired) electrons. The smallest absolute Gasteiger partial charge is 0.293 e. The topological polar surface area (TPSA) is 81.3 Å². The Morgan fingerprint density at radius 1 is 1.15 bits per heavy atom. The summed E-state index contributed by atoms with van der Waals surface area (Å²) in [6.07, 6.45) is 5.54. The maximum absolute atomic E-state index is 12.8. The normalized spacial score (nSPS) is 15.1. The summed E-state index contributed by atoms with van der Waals surface area (Å²) in [5.74, 6) is 0.403. The summed E-state index contributed by atoms with van der Waals surface area (Å²) in [5, 5.41) is 11.8. The van der Waals surface area contributed by atoms with Gasteiger partial charge in [-0.1, -0.05) is 49.6 Å². The minimum Gasteiger partial charge on any atom is -0.352 e. The highest BCUT2D eigenvalue weighted by atomic mass is 16.2. The van der Waals surface area contributed by atoms with Crippen LogP contribution in [0, 0.1) is 6.92 Å². The summed E-state index contributed by atoms with van der Waals surface area (Å²) in [6, 6.07) is 11.6. The van der Waals surface area contributed by atoms with E-state index in [1.54, 1.807) is 17.5 Å². The first kappa shape index (κ1) is 17.5. The molecule has 4 rings (SSSR count). The second-order valence-corrected chi connectivity index (χ2v) is 7.11. The van der Waals surface area contributed by atoms with Crippen LogP contribution in [0.15, 0.2) is 41.2 Å². The molecule has 3 aromatic rings. The number of hydrogen-bond donors (Lipinski definition) is 1. The number of nitrogens with zero attached hydrogens (tertiary/aromatic N) is 4. The van der Waals surface area contributed by atoms with Crippen molar-refractivity contribution in [1.29, 1.82) is 0 Å². The summed E-state index contributed by atoms with van der Waals surface area (Å²) in [7, 11) is 0. The fourth-order valence-corrected chi connectivity index (χ4v) is 3.69. The molecule has 1 fully saturated rings. The lowest BCUT2D eigenvalue weighted by atomic mass is 9.95. The van der Waals surface area contributed by atoms with E-state index in [0.717, 1.165) is 31.2 Å². The van der Waals surface area contributed by atoms with E-state index in [1.165, 1.54) is 11.1 Å². The van der Waals surface area contributed by atoms with E-state index < -0.39 is 0 Å². The monoisotopic (exact) mass is 365 g/mol. The second-order valence-electron chi connectivity index (χ2n) is 7.11. The zero-order valence-electron chi connectivity index (χ0n) is 15.4. The zero-order chi connectivity index (χ0) is 18.8. The molecule has 2 heterocycles. The largest absolute Gasteiger partial charge is 0.352 e. The second kappa shape index (κ2) is 7.34. The molecule has 1 aliphatic rings. The Morgan fingerprint density at radius 2 is 1.89 bits per heavy atom. The molecule has 0 spiro atoms. The van der Waals surface area contributed by atoms with Crippen molar-refractivity contribution in [3.8, 4) is 11.3 Å². The number of hydrogen-bond acceptors (Lipinski definition) is 4. The molecule has 7 nitrogen and oxygen atoms in total. The van der Waals surface area contributed by atoms with Gasteiger partial charge in [0.05, 0.1) is 5.69 Å². The standard InChI is InChI=1S/C20H23N5O2/c1-14-22-24(13-19(26)21-16-10-6-3-7-11-16)20(27)18-12-17(23-25(14)18)15-8-4-2-5-9-15/h2,4-5,8-9,12,16H,3,6-7,10-11,13H2,1H3,(H,21,26). The minimum absolute atomic E-state index is 0.0709. The summed E-state index contributed by atoms with van der Waals surface area (Å²) < 4.78 is 2.78. The van der Waals surface area contributed by atoms with Crippen LogP contribution in [0.4, 0.5) is 0 Å². The number of aryl methyl sites for hydroxylation is 1. The third kappa shape index (κ3) is 3.63. The molecule has 1 amide bonds. The molecule has 0 unspecified atom stereocenters. The van der Waals surface area contributed by atoms with Gasteiger partial charge in [0, 0.05) is 11.6 Å². The van der Waals surface area contributed by atoms with Gasteiger partial charge in [-0.3, -0.25) is 9.59 Å². The number of carbonyl (C=O) groups excluding carboxylic acids is 1. The van der Waals surface area contributed by atoms with Crippen molar-refractivity contribution in [2.75, 3.05) is 0 Å². The predicted octanol–water partition coefficient (Wildman–Crippen LogP) is 2.32. The molecule has 0 aliphatic heterocycles. The number of rotatable bonds is 4. The van der Waals surface area contributed by atoms with Crippen LogP contribution in [0.2, 0.25) is 0 Å². The maximum atomic E-state index is 12.8. The van der Waals surface area contributed by atoms with Gasteiger partial charge >= 0.3 is 0 Å². The lowest BCUT2D eigenvalue weighted by Gasteiger charge is -2.22. The lowest BCUT2D eigenvalue weighted by Crippen LogP contribution is -2.40. The van der Waals surface area contributed by atoms with Gasteiger partial charge in [-0.05, 0) is 25.8 Å². The summed E-state index contributed by atoms with van der Waals surface area (Å²) in [6.45, 7) is 1.71. The Bertz CT molecular complexity index is 1020. The van der Waals surface area contributed by atoms with E-state index in [9.17, 15) is 9.59 Å². The Morgan fingerprint density at radius 3 is 2.63 bits per heavy atom. The number of aromatic nitrogens is 4. The Balaban J connectivity index is 1.61. The van der Waals surface area contributed by atoms with Crippen molar-refractivity contribution in [2.24, 2.45) is 0 Å². The van der Waals surface area contributed by atoms with E-state index in [0.29, 0.717) is 17.0 Å². The quantitative estimate of drug-likeness (QED) is 0.769. The van der Waals surface area contributed by atoms with Gasteiger partial charge in [0.1, 0.15) is 17.9 Å². The predicted molar refractivity (Wildman–Crippen MR) is 102 cm³/mol. The van der Waals surface area contributed by atoms with Gasteiger partial charge in [-0.25, -0.2) is 9.20 Å². The van der Waals surface area contributed by atoms with Gasteiger partial charge in [0.15, 0.2) is 0 Å². The molecule has 0 saturated heterocycles. The lowest BCUT2D eigenvalue weighted by molar-refractivity contribution is -0.122. The van der Waals surface area contributed by atoms with E-state index in [4.69, 9.17) is 0 Å². The third-order valence-electron chi connectivity index (χ3n) is 5.07. The Kier molecular flexibility index (Phi) is 4.75. The first-order chi connectivity index (χ1) is 13.1. The minimum atomic E-state index is -0.311. The van der Waals surface area contributed by atoms with Gasteiger partial charge in [-0.2, -0.15) is 10.2 Å². The number of nitrogens with one attached hydrogen (secondary N) is 1. The zero-order valence-corrected chi connectivity index (χ0v) is 15.4. The Labute approximate surface area is 157 Å². The average molecular weight is 365 g/mol. The summed E-state index contributed by atoms with van der Waals surface area (Å²) in [4.78, 5) is 25.2. The fourth-order valence-electron chi connectivity index (χ4n) is 3.69. The van der Waals surface area contributed by atoms with Crippen LogP contribution in [0.1, 0.15) is 37.9 Å². The Hall–Kier alpha value is -2.96. The van der Waals surface area contributed by atoms with Crippen molar-refractivity contribution in [3.63, 3.8) is 0 Å². The van der Waals surface area contributed by atoms with Crippen LogP contribution < -0.4 is 10.9 Å². The molecule has 1 aromatic carbocycles. The summed E-state index contributed by atoms with van der Waals surface area (Å²) in [5.41, 5.74) is 1.75. The highest BCUT2D eigenvalue weighted by Gasteiger charge is 2.18.